The van der Waals surface area contributed by atoms with E-state index < -0.39 is 0 Å². The first-order valence-electron chi connectivity index (χ1n) is 10.3. The lowest BCUT2D eigenvalue weighted by atomic mass is 9.88. The number of nitrogens with one attached hydrogen (secondary N) is 1. The Bertz CT molecular complexity index is 1000. The van der Waals surface area contributed by atoms with Crippen LogP contribution in [0.3, 0.4) is 0 Å². The zero-order valence-corrected chi connectivity index (χ0v) is 17.3. The second kappa shape index (κ2) is 10.9. The Kier molecular flexibility index (Phi) is 7.76. The van der Waals surface area contributed by atoms with Crippen molar-refractivity contribution in [2.45, 2.75) is 13.3 Å². The molecule has 0 fully saturated rings. The lowest BCUT2D eigenvalue weighted by Gasteiger charge is -2.16. The minimum Gasteiger partial charge on any atom is -0.351 e. The fourth-order valence-corrected chi connectivity index (χ4v) is 3.47. The van der Waals surface area contributed by atoms with Crippen LogP contribution < -0.4 is 11.1 Å². The highest BCUT2D eigenvalue weighted by atomic mass is 16.1. The predicted molar refractivity (Wildman–Crippen MR) is 127 cm³/mol. The van der Waals surface area contributed by atoms with Crippen molar-refractivity contribution in [3.05, 3.63) is 113 Å². The Morgan fingerprint density at radius 2 is 1.40 bits per heavy atom. The van der Waals surface area contributed by atoms with Crippen LogP contribution in [-0.4, -0.2) is 19.0 Å². The van der Waals surface area contributed by atoms with E-state index in [1.54, 1.807) is 6.08 Å². The summed E-state index contributed by atoms with van der Waals surface area (Å²) in [6.07, 6.45) is 4.29. The van der Waals surface area contributed by atoms with Gasteiger partial charge in [0.2, 0.25) is 5.91 Å². The fourth-order valence-electron chi connectivity index (χ4n) is 3.47. The maximum atomic E-state index is 11.8. The maximum absolute atomic E-state index is 11.8. The summed E-state index contributed by atoms with van der Waals surface area (Å²) in [5.74, 6) is -0.133. The van der Waals surface area contributed by atoms with Gasteiger partial charge in [-0.25, -0.2) is 0 Å². The van der Waals surface area contributed by atoms with Gasteiger partial charge in [-0.2, -0.15) is 0 Å². The molecular formula is C27H28N2O. The van der Waals surface area contributed by atoms with E-state index in [-0.39, 0.29) is 5.91 Å². The summed E-state index contributed by atoms with van der Waals surface area (Å²) >= 11 is 0. The quantitative estimate of drug-likeness (QED) is 0.409. The highest BCUT2D eigenvalue weighted by molar-refractivity contribution is 5.98. The summed E-state index contributed by atoms with van der Waals surface area (Å²) in [5.41, 5.74) is 12.5. The van der Waals surface area contributed by atoms with Gasteiger partial charge in [0.25, 0.3) is 0 Å². The van der Waals surface area contributed by atoms with Gasteiger partial charge in [0, 0.05) is 19.2 Å². The summed E-state index contributed by atoms with van der Waals surface area (Å²) in [7, 11) is 0. The van der Waals surface area contributed by atoms with Crippen molar-refractivity contribution in [1.82, 2.24) is 5.32 Å². The van der Waals surface area contributed by atoms with Crippen molar-refractivity contribution in [3.63, 3.8) is 0 Å². The molecule has 3 aromatic rings. The van der Waals surface area contributed by atoms with Gasteiger partial charge in [-0.3, -0.25) is 4.79 Å². The number of hydrogen-bond acceptors (Lipinski definition) is 2. The molecule has 3 N–H and O–H groups in total. The van der Waals surface area contributed by atoms with Crippen molar-refractivity contribution < 1.29 is 4.79 Å². The van der Waals surface area contributed by atoms with E-state index in [0.29, 0.717) is 13.1 Å². The second-order valence-electron chi connectivity index (χ2n) is 6.97. The van der Waals surface area contributed by atoms with E-state index in [1.165, 1.54) is 22.3 Å². The summed E-state index contributed by atoms with van der Waals surface area (Å²) < 4.78 is 0. The molecule has 3 heteroatoms. The molecule has 0 aliphatic heterocycles. The molecule has 0 radical (unpaired) electrons. The zero-order valence-electron chi connectivity index (χ0n) is 17.3. The van der Waals surface area contributed by atoms with Gasteiger partial charge in [-0.15, -0.1) is 0 Å². The molecule has 1 amide bonds. The number of nitrogens with two attached hydrogens (primary N) is 1. The van der Waals surface area contributed by atoms with E-state index in [9.17, 15) is 4.79 Å². The van der Waals surface area contributed by atoms with Gasteiger partial charge >= 0.3 is 0 Å². The molecule has 0 heterocycles. The molecule has 152 valence electrons. The van der Waals surface area contributed by atoms with Crippen molar-refractivity contribution >= 4 is 23.1 Å². The van der Waals surface area contributed by atoms with Crippen LogP contribution in [-0.2, 0) is 4.79 Å². The SMILES string of the molecule is CCC(=C(c1ccccc1)c1ccc(C=CC(=O)NCCN)cc1)c1ccccc1. The van der Waals surface area contributed by atoms with Crippen LogP contribution in [0.1, 0.15) is 35.6 Å². The highest BCUT2D eigenvalue weighted by Crippen LogP contribution is 2.34. The lowest BCUT2D eigenvalue weighted by Crippen LogP contribution is -2.27. The van der Waals surface area contributed by atoms with Crippen LogP contribution in [0.15, 0.2) is 91.0 Å². The number of allylic oxidation sites excluding steroid dienone is 1. The summed E-state index contributed by atoms with van der Waals surface area (Å²) in [6, 6.07) is 29.4. The topological polar surface area (TPSA) is 55.1 Å². The first-order chi connectivity index (χ1) is 14.7. The summed E-state index contributed by atoms with van der Waals surface area (Å²) in [5, 5.41) is 2.74. The Morgan fingerprint density at radius 1 is 0.833 bits per heavy atom. The Morgan fingerprint density at radius 3 is 1.97 bits per heavy atom. The molecule has 30 heavy (non-hydrogen) atoms. The minimum atomic E-state index is -0.133. The third-order valence-electron chi connectivity index (χ3n) is 4.91. The molecule has 3 rings (SSSR count). The number of amides is 1. The molecule has 0 aliphatic carbocycles. The van der Waals surface area contributed by atoms with Crippen LogP contribution in [0.2, 0.25) is 0 Å². The monoisotopic (exact) mass is 396 g/mol. The second-order valence-corrected chi connectivity index (χ2v) is 6.97. The molecule has 0 saturated carbocycles. The van der Waals surface area contributed by atoms with Crippen LogP contribution in [0, 0.1) is 0 Å². The molecule has 0 unspecified atom stereocenters. The van der Waals surface area contributed by atoms with Crippen molar-refractivity contribution in [3.8, 4) is 0 Å². The number of benzene rings is 3. The molecule has 3 aromatic carbocycles. The molecule has 0 atom stereocenters. The van der Waals surface area contributed by atoms with Gasteiger partial charge in [0.05, 0.1) is 0 Å². The summed E-state index contributed by atoms with van der Waals surface area (Å²) in [6.45, 7) is 3.11. The smallest absolute Gasteiger partial charge is 0.244 e. The summed E-state index contributed by atoms with van der Waals surface area (Å²) in [4.78, 5) is 11.8. The van der Waals surface area contributed by atoms with Crippen molar-refractivity contribution in [2.75, 3.05) is 13.1 Å². The van der Waals surface area contributed by atoms with Crippen LogP contribution in [0.5, 0.6) is 0 Å². The molecule has 0 bridgehead atoms. The van der Waals surface area contributed by atoms with Gasteiger partial charge in [-0.05, 0) is 45.9 Å². The largest absolute Gasteiger partial charge is 0.351 e. The zero-order chi connectivity index (χ0) is 21.2. The number of rotatable bonds is 8. The molecule has 0 saturated heterocycles. The first-order valence-corrected chi connectivity index (χ1v) is 10.3. The van der Waals surface area contributed by atoms with Gasteiger partial charge < -0.3 is 11.1 Å². The van der Waals surface area contributed by atoms with Gasteiger partial charge in [-0.1, -0.05) is 91.9 Å². The first kappa shape index (κ1) is 21.3. The molecule has 3 nitrogen and oxygen atoms in total. The van der Waals surface area contributed by atoms with Gasteiger partial charge in [0.15, 0.2) is 0 Å². The predicted octanol–water partition coefficient (Wildman–Crippen LogP) is 5.14. The molecular weight excluding hydrogens is 368 g/mol. The van der Waals surface area contributed by atoms with Crippen LogP contribution >= 0.6 is 0 Å². The van der Waals surface area contributed by atoms with E-state index in [1.807, 2.05) is 30.3 Å². The Hall–Kier alpha value is -3.43. The van der Waals surface area contributed by atoms with Crippen molar-refractivity contribution in [1.29, 1.82) is 0 Å². The van der Waals surface area contributed by atoms with E-state index in [2.05, 4.69) is 72.9 Å². The minimum absolute atomic E-state index is 0.133. The van der Waals surface area contributed by atoms with E-state index in [0.717, 1.165) is 17.5 Å². The van der Waals surface area contributed by atoms with E-state index in [4.69, 9.17) is 5.73 Å². The molecule has 0 aromatic heterocycles. The Labute approximate surface area is 179 Å². The molecule has 0 spiro atoms. The number of carbonyl (C=O) groups is 1. The highest BCUT2D eigenvalue weighted by Gasteiger charge is 2.12. The van der Waals surface area contributed by atoms with Crippen LogP contribution in [0.25, 0.3) is 17.2 Å². The average molecular weight is 397 g/mol. The maximum Gasteiger partial charge on any atom is 0.244 e. The Balaban J connectivity index is 1.98. The fraction of sp³-hybridized carbons (Fsp3) is 0.148. The average Bonchev–Trinajstić information content (AvgIpc) is 2.81. The standard InChI is InChI=1S/C27H28N2O/c1-2-25(22-9-5-3-6-10-22)27(23-11-7-4-8-12-23)24-16-13-21(14-17-24)15-18-26(30)29-20-19-28/h3-18H,2,19-20,28H2,1H3,(H,29,30). The third kappa shape index (κ3) is 5.56. The number of hydrogen-bond donors (Lipinski definition) is 2. The van der Waals surface area contributed by atoms with E-state index >= 15 is 0 Å². The third-order valence-corrected chi connectivity index (χ3v) is 4.91. The molecule has 0 aliphatic rings. The van der Waals surface area contributed by atoms with Crippen LogP contribution in [0.4, 0.5) is 0 Å². The lowest BCUT2D eigenvalue weighted by molar-refractivity contribution is -0.116. The number of carbonyl (C=O) groups excluding carboxylic acids is 1. The normalized spacial score (nSPS) is 11.9. The van der Waals surface area contributed by atoms with Crippen molar-refractivity contribution in [2.24, 2.45) is 5.73 Å². The van der Waals surface area contributed by atoms with Gasteiger partial charge in [0.1, 0.15) is 0 Å².